The first-order chi connectivity index (χ1) is 12.0. The van der Waals surface area contributed by atoms with Gasteiger partial charge in [-0.1, -0.05) is 17.3 Å². The summed E-state index contributed by atoms with van der Waals surface area (Å²) in [6.45, 7) is -1.08. The molecule has 1 aromatic heterocycles. The second kappa shape index (κ2) is 6.76. The summed E-state index contributed by atoms with van der Waals surface area (Å²) >= 11 is 0. The zero-order chi connectivity index (χ0) is 18.0. The molecule has 6 nitrogen and oxygen atoms in total. The number of hydrogen-bond acceptors (Lipinski definition) is 6. The lowest BCUT2D eigenvalue weighted by molar-refractivity contribution is -0.0512. The van der Waals surface area contributed by atoms with Crippen LogP contribution in [0.5, 0.6) is 11.5 Å². The van der Waals surface area contributed by atoms with E-state index in [2.05, 4.69) is 14.9 Å². The van der Waals surface area contributed by atoms with Gasteiger partial charge in [0, 0.05) is 16.8 Å². The highest BCUT2D eigenvalue weighted by Gasteiger charge is 2.16. The summed E-state index contributed by atoms with van der Waals surface area (Å²) < 4.78 is 39.5. The molecule has 1 heterocycles. The summed E-state index contributed by atoms with van der Waals surface area (Å²) in [4.78, 5) is 4.34. The average molecular weight is 347 g/mol. The quantitative estimate of drug-likeness (QED) is 0.705. The van der Waals surface area contributed by atoms with Crippen LogP contribution >= 0.6 is 0 Å². The molecule has 0 unspecified atom stereocenters. The van der Waals surface area contributed by atoms with Crippen LogP contribution in [0.1, 0.15) is 5.56 Å². The van der Waals surface area contributed by atoms with E-state index >= 15 is 0 Å². The lowest BCUT2D eigenvalue weighted by Gasteiger charge is -2.10. The van der Waals surface area contributed by atoms with Gasteiger partial charge in [-0.3, -0.25) is 0 Å². The minimum atomic E-state index is -2.94. The number of hydrogen-bond donors (Lipinski definition) is 1. The molecule has 25 heavy (non-hydrogen) atoms. The van der Waals surface area contributed by atoms with Gasteiger partial charge in [-0.15, -0.1) is 0 Å². The van der Waals surface area contributed by atoms with Crippen LogP contribution in [0, 0.1) is 6.92 Å². The molecular formula is C17H15F2N3O3. The fraction of sp³-hybridized carbons (Fsp3) is 0.176. The number of nitrogens with zero attached hydrogens (tertiary/aromatic N) is 2. The molecule has 0 amide bonds. The molecule has 0 saturated carbocycles. The van der Waals surface area contributed by atoms with E-state index in [1.165, 1.54) is 25.3 Å². The molecular weight excluding hydrogens is 332 g/mol. The van der Waals surface area contributed by atoms with Crippen LogP contribution in [0.3, 0.4) is 0 Å². The summed E-state index contributed by atoms with van der Waals surface area (Å²) in [7, 11) is 1.35. The first-order valence-electron chi connectivity index (χ1n) is 7.32. The van der Waals surface area contributed by atoms with E-state index in [9.17, 15) is 8.78 Å². The van der Waals surface area contributed by atoms with Crippen LogP contribution in [0.4, 0.5) is 14.5 Å². The third kappa shape index (κ3) is 3.37. The molecule has 0 fully saturated rings. The maximum absolute atomic E-state index is 12.4. The normalized spacial score (nSPS) is 10.9. The molecule has 2 N–H and O–H groups in total. The molecule has 3 rings (SSSR count). The van der Waals surface area contributed by atoms with Crippen LogP contribution in [0.15, 0.2) is 40.9 Å². The summed E-state index contributed by atoms with van der Waals surface area (Å²) in [6, 6.07) is 9.79. The van der Waals surface area contributed by atoms with E-state index in [1.54, 1.807) is 12.1 Å². The molecule has 0 spiro atoms. The Hall–Kier alpha value is -3.16. The smallest absolute Gasteiger partial charge is 0.387 e. The Morgan fingerprint density at radius 3 is 2.68 bits per heavy atom. The van der Waals surface area contributed by atoms with Crippen LogP contribution in [-0.2, 0) is 0 Å². The fourth-order valence-electron chi connectivity index (χ4n) is 2.34. The molecule has 0 bridgehead atoms. The van der Waals surface area contributed by atoms with Gasteiger partial charge in [-0.2, -0.15) is 13.8 Å². The number of aromatic nitrogens is 2. The predicted molar refractivity (Wildman–Crippen MR) is 87.5 cm³/mol. The van der Waals surface area contributed by atoms with Gasteiger partial charge in [-0.05, 0) is 36.8 Å². The van der Waals surface area contributed by atoms with Crippen LogP contribution in [0.25, 0.3) is 22.8 Å². The van der Waals surface area contributed by atoms with Crippen molar-refractivity contribution < 1.29 is 22.8 Å². The lowest BCUT2D eigenvalue weighted by Crippen LogP contribution is -2.03. The predicted octanol–water partition coefficient (Wildman–Crippen LogP) is 3.90. The van der Waals surface area contributed by atoms with Crippen LogP contribution in [0.2, 0.25) is 0 Å². The number of anilines is 1. The van der Waals surface area contributed by atoms with E-state index in [-0.39, 0.29) is 17.4 Å². The highest BCUT2D eigenvalue weighted by Crippen LogP contribution is 2.34. The topological polar surface area (TPSA) is 83.4 Å². The van der Waals surface area contributed by atoms with Gasteiger partial charge in [0.2, 0.25) is 5.82 Å². The Morgan fingerprint density at radius 1 is 1.16 bits per heavy atom. The second-order valence-corrected chi connectivity index (χ2v) is 5.19. The molecule has 0 aliphatic carbocycles. The Morgan fingerprint density at radius 2 is 1.96 bits per heavy atom. The largest absolute Gasteiger partial charge is 0.493 e. The minimum absolute atomic E-state index is 0.0762. The Kier molecular flexibility index (Phi) is 4.51. The van der Waals surface area contributed by atoms with Gasteiger partial charge in [0.05, 0.1) is 7.11 Å². The number of ether oxygens (including phenoxy) is 2. The monoisotopic (exact) mass is 347 g/mol. The summed E-state index contributed by atoms with van der Waals surface area (Å²) in [5, 5.41) is 3.96. The third-order valence-electron chi connectivity index (χ3n) is 3.67. The maximum Gasteiger partial charge on any atom is 0.387 e. The van der Waals surface area contributed by atoms with Gasteiger partial charge in [0.15, 0.2) is 11.5 Å². The summed E-state index contributed by atoms with van der Waals surface area (Å²) in [6.07, 6.45) is 0. The van der Waals surface area contributed by atoms with Crippen molar-refractivity contribution in [3.8, 4) is 34.3 Å². The van der Waals surface area contributed by atoms with Gasteiger partial charge >= 0.3 is 6.61 Å². The van der Waals surface area contributed by atoms with Crippen molar-refractivity contribution in [3.05, 3.63) is 42.0 Å². The number of halogens is 2. The second-order valence-electron chi connectivity index (χ2n) is 5.19. The molecule has 2 aromatic carbocycles. The van der Waals surface area contributed by atoms with E-state index in [0.717, 1.165) is 11.1 Å². The van der Waals surface area contributed by atoms with Crippen molar-refractivity contribution in [2.24, 2.45) is 0 Å². The van der Waals surface area contributed by atoms with Crippen molar-refractivity contribution in [1.82, 2.24) is 10.1 Å². The number of nitrogen functional groups attached to an aromatic ring is 1. The molecule has 0 radical (unpaired) electrons. The number of benzene rings is 2. The Labute approximate surface area is 142 Å². The molecule has 0 aliphatic rings. The minimum Gasteiger partial charge on any atom is -0.493 e. The molecule has 130 valence electrons. The van der Waals surface area contributed by atoms with Crippen LogP contribution in [-0.4, -0.2) is 23.9 Å². The molecule has 8 heteroatoms. The van der Waals surface area contributed by atoms with Gasteiger partial charge in [-0.25, -0.2) is 0 Å². The number of nitrogens with two attached hydrogens (primary N) is 1. The first-order valence-corrected chi connectivity index (χ1v) is 7.32. The number of rotatable bonds is 5. The van der Waals surface area contributed by atoms with Crippen molar-refractivity contribution in [2.45, 2.75) is 13.5 Å². The third-order valence-corrected chi connectivity index (χ3v) is 3.67. The van der Waals surface area contributed by atoms with E-state index in [1.807, 2.05) is 13.0 Å². The van der Waals surface area contributed by atoms with Gasteiger partial charge in [0.25, 0.3) is 5.89 Å². The van der Waals surface area contributed by atoms with Crippen LogP contribution < -0.4 is 15.2 Å². The molecule has 0 aliphatic heterocycles. The molecule has 0 saturated heterocycles. The highest BCUT2D eigenvalue weighted by molar-refractivity contribution is 5.69. The van der Waals surface area contributed by atoms with Gasteiger partial charge in [0.1, 0.15) is 0 Å². The Balaban J connectivity index is 1.96. The van der Waals surface area contributed by atoms with E-state index < -0.39 is 6.61 Å². The average Bonchev–Trinajstić information content (AvgIpc) is 3.07. The molecule has 3 aromatic rings. The standard InChI is InChI=1S/C17H15F2N3O3/c1-9-11(4-3-5-12(9)20)15-21-16(25-22-15)10-6-7-13(24-17(18)19)14(8-10)23-2/h3-8,17H,20H2,1-2H3. The zero-order valence-corrected chi connectivity index (χ0v) is 13.5. The van der Waals surface area contributed by atoms with Crippen molar-refractivity contribution in [3.63, 3.8) is 0 Å². The van der Waals surface area contributed by atoms with Gasteiger partial charge < -0.3 is 19.7 Å². The van der Waals surface area contributed by atoms with Crippen molar-refractivity contribution >= 4 is 5.69 Å². The fourth-order valence-corrected chi connectivity index (χ4v) is 2.34. The Bertz CT molecular complexity index is 897. The lowest BCUT2D eigenvalue weighted by atomic mass is 10.1. The van der Waals surface area contributed by atoms with E-state index in [4.69, 9.17) is 15.0 Å². The van der Waals surface area contributed by atoms with E-state index in [0.29, 0.717) is 17.1 Å². The van der Waals surface area contributed by atoms with Crippen molar-refractivity contribution in [1.29, 1.82) is 0 Å². The SMILES string of the molecule is COc1cc(-c2nc(-c3cccc(N)c3C)no2)ccc1OC(F)F. The number of methoxy groups -OCH3 is 1. The highest BCUT2D eigenvalue weighted by atomic mass is 19.3. The summed E-state index contributed by atoms with van der Waals surface area (Å²) in [5.74, 6) is 0.663. The summed E-state index contributed by atoms with van der Waals surface area (Å²) in [5.41, 5.74) is 8.62. The zero-order valence-electron chi connectivity index (χ0n) is 13.5. The maximum atomic E-state index is 12.4. The van der Waals surface area contributed by atoms with Crippen molar-refractivity contribution in [2.75, 3.05) is 12.8 Å². The number of alkyl halides is 2. The first kappa shape index (κ1) is 16.7. The molecule has 0 atom stereocenters.